The van der Waals surface area contributed by atoms with Gasteiger partial charge in [-0.15, -0.1) is 0 Å². The fraction of sp³-hybridized carbons (Fsp3) is 0.130. The molecule has 3 aromatic rings. The van der Waals surface area contributed by atoms with Crippen molar-refractivity contribution in [2.75, 3.05) is 0 Å². The molecule has 0 saturated carbocycles. The molecule has 1 heterocycles. The van der Waals surface area contributed by atoms with Crippen LogP contribution in [0.4, 0.5) is 0 Å². The van der Waals surface area contributed by atoms with Crippen LogP contribution in [0.3, 0.4) is 0 Å². The molecule has 0 atom stereocenters. The van der Waals surface area contributed by atoms with Gasteiger partial charge in [-0.2, -0.15) is 0 Å². The molecule has 0 aromatic heterocycles. The molecule has 0 radical (unpaired) electrons. The van der Waals surface area contributed by atoms with E-state index in [2.05, 4.69) is 93.6 Å². The molecule has 1 heteroatoms. The van der Waals surface area contributed by atoms with E-state index in [9.17, 15) is 0 Å². The largest absolute Gasteiger partial charge is 0.243 e. The smallest absolute Gasteiger partial charge is 0.0664 e. The van der Waals surface area contributed by atoms with Gasteiger partial charge in [-0.1, -0.05) is 106 Å². The summed E-state index contributed by atoms with van der Waals surface area (Å²) >= 11 is 0. The first-order valence-electron chi connectivity index (χ1n) is 8.59. The minimum atomic E-state index is 0.285. The van der Waals surface area contributed by atoms with E-state index >= 15 is 0 Å². The fourth-order valence-electron chi connectivity index (χ4n) is 4.16. The molecule has 116 valence electrons. The van der Waals surface area contributed by atoms with Crippen molar-refractivity contribution in [3.05, 3.63) is 88.5 Å². The van der Waals surface area contributed by atoms with Crippen LogP contribution in [0.5, 0.6) is 0 Å². The Morgan fingerprint density at radius 2 is 1.08 bits per heavy atom. The Morgan fingerprint density at radius 1 is 0.625 bits per heavy atom. The van der Waals surface area contributed by atoms with Crippen LogP contribution in [0.1, 0.15) is 27.8 Å². The van der Waals surface area contributed by atoms with Crippen LogP contribution in [0.2, 0.25) is 0 Å². The van der Waals surface area contributed by atoms with E-state index < -0.39 is 0 Å². The molecule has 0 nitrogen and oxygen atoms in total. The van der Waals surface area contributed by atoms with E-state index in [0.29, 0.717) is 0 Å². The third-order valence-electron chi connectivity index (χ3n) is 5.08. The first-order chi connectivity index (χ1) is 11.6. The van der Waals surface area contributed by atoms with E-state index in [1.54, 1.807) is 0 Å². The summed E-state index contributed by atoms with van der Waals surface area (Å²) in [5.74, 6) is 0. The summed E-state index contributed by atoms with van der Waals surface area (Å²) in [6.45, 7) is 6.96. The zero-order valence-electron chi connectivity index (χ0n) is 14.5. The predicted molar refractivity (Wildman–Crippen MR) is 107 cm³/mol. The number of rotatable bonds is 1. The highest BCUT2D eigenvalue weighted by atomic mass is 14.1. The normalized spacial score (nSPS) is 12.5. The van der Waals surface area contributed by atoms with Crippen molar-refractivity contribution in [3.63, 3.8) is 0 Å². The van der Waals surface area contributed by atoms with Crippen LogP contribution in [0, 0.1) is 20.8 Å². The van der Waals surface area contributed by atoms with Gasteiger partial charge in [0.25, 0.3) is 0 Å². The lowest BCUT2D eigenvalue weighted by Crippen LogP contribution is -2.55. The first kappa shape index (κ1) is 15.0. The average molecular weight is 308 g/mol. The summed E-state index contributed by atoms with van der Waals surface area (Å²) in [5, 5.41) is 0. The number of benzene rings is 3. The summed E-state index contributed by atoms with van der Waals surface area (Å²) in [4.78, 5) is 0. The Morgan fingerprint density at radius 3 is 1.58 bits per heavy atom. The standard InChI is InChI=1S/C23H21B/c1-16-14-17(2)23(18(3)15-16)24-21-10-6-4-8-19(21)12-13-20-9-5-7-11-22(20)24/h4-15H,1-3H3. The zero-order valence-corrected chi connectivity index (χ0v) is 14.5. The van der Waals surface area contributed by atoms with Crippen LogP contribution in [-0.4, -0.2) is 6.71 Å². The molecule has 0 fully saturated rings. The zero-order chi connectivity index (χ0) is 16.7. The first-order valence-corrected chi connectivity index (χ1v) is 8.59. The van der Waals surface area contributed by atoms with Gasteiger partial charge in [0, 0.05) is 0 Å². The van der Waals surface area contributed by atoms with Gasteiger partial charge in [0.2, 0.25) is 6.71 Å². The van der Waals surface area contributed by atoms with Gasteiger partial charge >= 0.3 is 0 Å². The highest BCUT2D eigenvalue weighted by Gasteiger charge is 2.29. The second-order valence-electron chi connectivity index (χ2n) is 6.84. The van der Waals surface area contributed by atoms with Crippen molar-refractivity contribution in [1.82, 2.24) is 0 Å². The summed E-state index contributed by atoms with van der Waals surface area (Å²) in [7, 11) is 0. The van der Waals surface area contributed by atoms with Crippen molar-refractivity contribution in [1.29, 1.82) is 0 Å². The second-order valence-corrected chi connectivity index (χ2v) is 6.84. The van der Waals surface area contributed by atoms with Gasteiger partial charge in [0.15, 0.2) is 0 Å². The molecular weight excluding hydrogens is 287 g/mol. The van der Waals surface area contributed by atoms with Crippen molar-refractivity contribution >= 4 is 35.3 Å². The van der Waals surface area contributed by atoms with Crippen LogP contribution in [-0.2, 0) is 0 Å². The van der Waals surface area contributed by atoms with Gasteiger partial charge in [-0.05, 0) is 31.9 Å². The van der Waals surface area contributed by atoms with Crippen LogP contribution in [0.15, 0.2) is 60.7 Å². The average Bonchev–Trinajstić information content (AvgIpc) is 2.72. The van der Waals surface area contributed by atoms with Gasteiger partial charge in [-0.25, -0.2) is 0 Å². The Balaban J connectivity index is 2.07. The summed E-state index contributed by atoms with van der Waals surface area (Å²) in [6.07, 6.45) is 4.51. The fourth-order valence-corrected chi connectivity index (χ4v) is 4.16. The Kier molecular flexibility index (Phi) is 3.65. The SMILES string of the molecule is Cc1cc(C)c(B2c3ccccc3C=Cc3ccccc32)c(C)c1. The molecule has 0 unspecified atom stereocenters. The van der Waals surface area contributed by atoms with Gasteiger partial charge in [0.05, 0.1) is 0 Å². The van der Waals surface area contributed by atoms with E-state index in [0.717, 1.165) is 0 Å². The maximum absolute atomic E-state index is 2.31. The molecule has 0 amide bonds. The van der Waals surface area contributed by atoms with Crippen LogP contribution >= 0.6 is 0 Å². The number of fused-ring (bicyclic) bond motifs is 2. The lowest BCUT2D eigenvalue weighted by Gasteiger charge is -2.22. The van der Waals surface area contributed by atoms with E-state index in [4.69, 9.17) is 0 Å². The highest BCUT2D eigenvalue weighted by molar-refractivity contribution is 6.97. The van der Waals surface area contributed by atoms with E-state index in [1.807, 2.05) is 0 Å². The minimum Gasteiger partial charge on any atom is -0.0664 e. The third kappa shape index (κ3) is 2.41. The molecule has 3 aromatic carbocycles. The van der Waals surface area contributed by atoms with Gasteiger partial charge in [-0.3, -0.25) is 0 Å². The quantitative estimate of drug-likeness (QED) is 0.471. The predicted octanol–water partition coefficient (Wildman–Crippen LogP) is 3.61. The molecule has 4 rings (SSSR count). The van der Waals surface area contributed by atoms with Crippen molar-refractivity contribution in [2.45, 2.75) is 20.8 Å². The van der Waals surface area contributed by atoms with Gasteiger partial charge in [0.1, 0.15) is 0 Å². The summed E-state index contributed by atoms with van der Waals surface area (Å²) in [5.41, 5.74) is 11.0. The molecule has 1 aliphatic rings. The third-order valence-corrected chi connectivity index (χ3v) is 5.08. The topological polar surface area (TPSA) is 0 Å². The van der Waals surface area contributed by atoms with Crippen LogP contribution < -0.4 is 16.4 Å². The monoisotopic (exact) mass is 308 g/mol. The number of hydrogen-bond acceptors (Lipinski definition) is 0. The Hall–Kier alpha value is -2.54. The Bertz CT molecular complexity index is 877. The molecule has 1 aliphatic heterocycles. The van der Waals surface area contributed by atoms with Crippen LogP contribution in [0.25, 0.3) is 12.2 Å². The molecular formula is C23H21B. The van der Waals surface area contributed by atoms with Crippen molar-refractivity contribution in [3.8, 4) is 0 Å². The molecule has 0 bridgehead atoms. The Labute approximate surface area is 144 Å². The second kappa shape index (κ2) is 5.83. The highest BCUT2D eigenvalue weighted by Crippen LogP contribution is 2.15. The number of hydrogen-bond donors (Lipinski definition) is 0. The molecule has 0 spiro atoms. The minimum absolute atomic E-state index is 0.285. The molecule has 0 aliphatic carbocycles. The van der Waals surface area contributed by atoms with Crippen molar-refractivity contribution < 1.29 is 0 Å². The molecule has 0 saturated heterocycles. The molecule has 0 N–H and O–H groups in total. The van der Waals surface area contributed by atoms with Gasteiger partial charge < -0.3 is 0 Å². The van der Waals surface area contributed by atoms with E-state index in [-0.39, 0.29) is 6.71 Å². The molecule has 24 heavy (non-hydrogen) atoms. The van der Waals surface area contributed by atoms with Crippen molar-refractivity contribution in [2.24, 2.45) is 0 Å². The summed E-state index contributed by atoms with van der Waals surface area (Å²) < 4.78 is 0. The number of aryl methyl sites for hydroxylation is 3. The van der Waals surface area contributed by atoms with E-state index in [1.165, 1.54) is 44.2 Å². The maximum Gasteiger partial charge on any atom is 0.243 e. The maximum atomic E-state index is 2.31. The lowest BCUT2D eigenvalue weighted by molar-refractivity contribution is 1.35. The summed E-state index contributed by atoms with van der Waals surface area (Å²) in [6, 6.07) is 22.2. The lowest BCUT2D eigenvalue weighted by atomic mass is 9.34.